The molecule has 0 saturated heterocycles. The molecule has 3 rings (SSSR count). The Balaban J connectivity index is 1.64. The molecule has 6 heteroatoms. The first-order valence-corrected chi connectivity index (χ1v) is 9.62. The predicted molar refractivity (Wildman–Crippen MR) is 110 cm³/mol. The maximum atomic E-state index is 12.3. The molecule has 0 bridgehead atoms. The Kier molecular flexibility index (Phi) is 6.55. The van der Waals surface area contributed by atoms with E-state index < -0.39 is 0 Å². The van der Waals surface area contributed by atoms with E-state index in [1.165, 1.54) is 0 Å². The SMILES string of the molecule is CCN(CC)CCNC(=O)c1ccc(-c2nnc(-c3cccc(C)c3)o2)cc1. The first-order chi connectivity index (χ1) is 13.6. The summed E-state index contributed by atoms with van der Waals surface area (Å²) in [6.07, 6.45) is 0. The van der Waals surface area contributed by atoms with Gasteiger partial charge in [0.15, 0.2) is 0 Å². The number of rotatable bonds is 8. The summed E-state index contributed by atoms with van der Waals surface area (Å²) in [5, 5.41) is 11.2. The molecule has 28 heavy (non-hydrogen) atoms. The van der Waals surface area contributed by atoms with E-state index in [0.29, 0.717) is 23.9 Å². The lowest BCUT2D eigenvalue weighted by atomic mass is 10.1. The van der Waals surface area contributed by atoms with E-state index >= 15 is 0 Å². The van der Waals surface area contributed by atoms with Crippen molar-refractivity contribution >= 4 is 5.91 Å². The number of benzene rings is 2. The highest BCUT2D eigenvalue weighted by Crippen LogP contribution is 2.24. The van der Waals surface area contributed by atoms with Gasteiger partial charge in [-0.25, -0.2) is 0 Å². The molecule has 0 unspecified atom stereocenters. The van der Waals surface area contributed by atoms with Crippen molar-refractivity contribution in [1.29, 1.82) is 0 Å². The summed E-state index contributed by atoms with van der Waals surface area (Å²) in [5.41, 5.74) is 3.42. The Morgan fingerprint density at radius 1 is 1.00 bits per heavy atom. The number of aromatic nitrogens is 2. The second-order valence-electron chi connectivity index (χ2n) is 6.64. The van der Waals surface area contributed by atoms with Crippen LogP contribution in [0.15, 0.2) is 52.9 Å². The van der Waals surface area contributed by atoms with E-state index in [1.807, 2.05) is 43.3 Å². The third-order valence-electron chi connectivity index (χ3n) is 4.69. The fourth-order valence-corrected chi connectivity index (χ4v) is 2.97. The van der Waals surface area contributed by atoms with Crippen molar-refractivity contribution in [2.75, 3.05) is 26.2 Å². The van der Waals surface area contributed by atoms with Crippen LogP contribution in [0, 0.1) is 6.92 Å². The Labute approximate surface area is 165 Å². The highest BCUT2D eigenvalue weighted by molar-refractivity contribution is 5.94. The molecule has 3 aromatic rings. The normalized spacial score (nSPS) is 11.0. The molecule has 1 N–H and O–H groups in total. The number of hydrogen-bond acceptors (Lipinski definition) is 5. The van der Waals surface area contributed by atoms with Gasteiger partial charge in [0, 0.05) is 29.8 Å². The molecule has 6 nitrogen and oxygen atoms in total. The maximum absolute atomic E-state index is 12.3. The molecule has 0 spiro atoms. The van der Waals surface area contributed by atoms with Gasteiger partial charge >= 0.3 is 0 Å². The van der Waals surface area contributed by atoms with Crippen LogP contribution in [0.3, 0.4) is 0 Å². The van der Waals surface area contributed by atoms with Crippen LogP contribution in [0.5, 0.6) is 0 Å². The first kappa shape index (κ1) is 19.8. The van der Waals surface area contributed by atoms with Gasteiger partial charge in [-0.1, -0.05) is 31.5 Å². The number of carbonyl (C=O) groups is 1. The standard InChI is InChI=1S/C22H26N4O2/c1-4-26(5-2)14-13-23-20(27)17-9-11-18(12-10-17)21-24-25-22(28-21)19-8-6-7-16(3)15-19/h6-12,15H,4-5,13-14H2,1-3H3,(H,23,27). The van der Waals surface area contributed by atoms with Crippen LogP contribution in [-0.2, 0) is 0 Å². The van der Waals surface area contributed by atoms with Gasteiger partial charge in [0.2, 0.25) is 11.8 Å². The molecule has 1 aromatic heterocycles. The van der Waals surface area contributed by atoms with Crippen molar-refractivity contribution in [1.82, 2.24) is 20.4 Å². The molecule has 0 aliphatic rings. The summed E-state index contributed by atoms with van der Waals surface area (Å²) < 4.78 is 5.80. The third kappa shape index (κ3) is 4.84. The van der Waals surface area contributed by atoms with Gasteiger partial charge in [0.05, 0.1) is 0 Å². The molecule has 1 heterocycles. The minimum atomic E-state index is -0.0790. The number of nitrogens with zero attached hydrogens (tertiary/aromatic N) is 3. The van der Waals surface area contributed by atoms with Gasteiger partial charge in [-0.2, -0.15) is 0 Å². The zero-order valence-corrected chi connectivity index (χ0v) is 16.6. The van der Waals surface area contributed by atoms with Crippen LogP contribution in [0.2, 0.25) is 0 Å². The summed E-state index contributed by atoms with van der Waals surface area (Å²) in [4.78, 5) is 14.6. The Hall–Kier alpha value is -2.99. The molecule has 0 aliphatic heterocycles. The fourth-order valence-electron chi connectivity index (χ4n) is 2.97. The van der Waals surface area contributed by atoms with Gasteiger partial charge in [-0.05, 0) is 56.4 Å². The first-order valence-electron chi connectivity index (χ1n) is 9.62. The van der Waals surface area contributed by atoms with E-state index in [9.17, 15) is 4.79 Å². The number of aryl methyl sites for hydroxylation is 1. The molecule has 0 atom stereocenters. The molecule has 2 aromatic carbocycles. The van der Waals surface area contributed by atoms with Gasteiger partial charge in [-0.3, -0.25) is 4.79 Å². The number of nitrogens with one attached hydrogen (secondary N) is 1. The van der Waals surface area contributed by atoms with Crippen molar-refractivity contribution in [3.63, 3.8) is 0 Å². The lowest BCUT2D eigenvalue weighted by molar-refractivity contribution is 0.0949. The summed E-state index contributed by atoms with van der Waals surface area (Å²) in [5.74, 6) is 0.839. The quantitative estimate of drug-likeness (QED) is 0.646. The van der Waals surface area contributed by atoms with Gasteiger partial charge in [0.1, 0.15) is 0 Å². The van der Waals surface area contributed by atoms with Crippen molar-refractivity contribution < 1.29 is 9.21 Å². The van der Waals surface area contributed by atoms with E-state index in [1.54, 1.807) is 12.1 Å². The van der Waals surface area contributed by atoms with Crippen molar-refractivity contribution in [3.8, 4) is 22.9 Å². The average Bonchev–Trinajstić information content (AvgIpc) is 3.21. The Morgan fingerprint density at radius 3 is 2.32 bits per heavy atom. The zero-order valence-electron chi connectivity index (χ0n) is 16.6. The van der Waals surface area contributed by atoms with Gasteiger partial charge in [-0.15, -0.1) is 10.2 Å². The molecule has 1 amide bonds. The van der Waals surface area contributed by atoms with E-state index in [-0.39, 0.29) is 5.91 Å². The minimum Gasteiger partial charge on any atom is -0.416 e. The highest BCUT2D eigenvalue weighted by Gasteiger charge is 2.12. The van der Waals surface area contributed by atoms with Crippen LogP contribution in [0.1, 0.15) is 29.8 Å². The summed E-state index contributed by atoms with van der Waals surface area (Å²) in [6.45, 7) is 9.70. The smallest absolute Gasteiger partial charge is 0.251 e. The summed E-state index contributed by atoms with van der Waals surface area (Å²) >= 11 is 0. The van der Waals surface area contributed by atoms with E-state index in [4.69, 9.17) is 4.42 Å². The van der Waals surface area contributed by atoms with Crippen molar-refractivity contribution in [2.45, 2.75) is 20.8 Å². The Morgan fingerprint density at radius 2 is 1.68 bits per heavy atom. The van der Waals surface area contributed by atoms with Gasteiger partial charge in [0.25, 0.3) is 5.91 Å². The van der Waals surface area contributed by atoms with Crippen LogP contribution in [0.4, 0.5) is 0 Å². The van der Waals surface area contributed by atoms with Crippen LogP contribution < -0.4 is 5.32 Å². The van der Waals surface area contributed by atoms with Crippen LogP contribution >= 0.6 is 0 Å². The number of carbonyl (C=O) groups excluding carboxylic acids is 1. The second kappa shape index (κ2) is 9.28. The summed E-state index contributed by atoms with van der Waals surface area (Å²) in [6, 6.07) is 15.1. The molecular weight excluding hydrogens is 352 g/mol. The summed E-state index contributed by atoms with van der Waals surface area (Å²) in [7, 11) is 0. The van der Waals surface area contributed by atoms with Gasteiger partial charge < -0.3 is 14.6 Å². The number of likely N-dealkylation sites (N-methyl/N-ethyl adjacent to an activating group) is 1. The molecular formula is C22H26N4O2. The minimum absolute atomic E-state index is 0.0790. The molecule has 0 aliphatic carbocycles. The Bertz CT molecular complexity index is 914. The van der Waals surface area contributed by atoms with Crippen molar-refractivity contribution in [2.24, 2.45) is 0 Å². The van der Waals surface area contributed by atoms with Crippen molar-refractivity contribution in [3.05, 3.63) is 59.7 Å². The predicted octanol–water partition coefficient (Wildman–Crippen LogP) is 3.78. The highest BCUT2D eigenvalue weighted by atomic mass is 16.4. The molecule has 146 valence electrons. The van der Waals surface area contributed by atoms with E-state index in [0.717, 1.165) is 36.3 Å². The maximum Gasteiger partial charge on any atom is 0.251 e. The second-order valence-corrected chi connectivity index (χ2v) is 6.64. The number of hydrogen-bond donors (Lipinski definition) is 1. The zero-order chi connectivity index (χ0) is 19.9. The number of amides is 1. The topological polar surface area (TPSA) is 71.3 Å². The average molecular weight is 378 g/mol. The largest absolute Gasteiger partial charge is 0.416 e. The lowest BCUT2D eigenvalue weighted by Gasteiger charge is -2.17. The fraction of sp³-hybridized carbons (Fsp3) is 0.318. The van der Waals surface area contributed by atoms with Crippen LogP contribution in [-0.4, -0.2) is 47.2 Å². The lowest BCUT2D eigenvalue weighted by Crippen LogP contribution is -2.34. The molecule has 0 radical (unpaired) electrons. The molecule has 0 fully saturated rings. The molecule has 0 saturated carbocycles. The monoisotopic (exact) mass is 378 g/mol. The van der Waals surface area contributed by atoms with E-state index in [2.05, 4.69) is 34.3 Å². The third-order valence-corrected chi connectivity index (χ3v) is 4.69. The van der Waals surface area contributed by atoms with Crippen LogP contribution in [0.25, 0.3) is 22.9 Å².